The van der Waals surface area contributed by atoms with Gasteiger partial charge in [0.2, 0.25) is 0 Å². The molecule has 23 heavy (non-hydrogen) atoms. The molecule has 2 aromatic rings. The highest BCUT2D eigenvalue weighted by Crippen LogP contribution is 2.40. The Labute approximate surface area is 142 Å². The molecule has 0 saturated heterocycles. The lowest BCUT2D eigenvalue weighted by molar-refractivity contribution is 0.795. The minimum absolute atomic E-state index is 0.486. The second-order valence-corrected chi connectivity index (χ2v) is 7.23. The Bertz CT molecular complexity index is 678. The monoisotopic (exact) mass is 328 g/mol. The maximum atomic E-state index is 4.73. The summed E-state index contributed by atoms with van der Waals surface area (Å²) in [4.78, 5) is 10.4. The largest absolute Gasteiger partial charge is 0.357 e. The van der Waals surface area contributed by atoms with Crippen molar-refractivity contribution in [3.05, 3.63) is 51.5 Å². The van der Waals surface area contributed by atoms with Crippen LogP contribution in [0.2, 0.25) is 0 Å². The number of hydrogen-bond acceptors (Lipinski definition) is 3. The van der Waals surface area contributed by atoms with E-state index >= 15 is 0 Å². The highest BCUT2D eigenvalue weighted by molar-refractivity contribution is 7.11. The van der Waals surface area contributed by atoms with Gasteiger partial charge in [0, 0.05) is 23.4 Å². The summed E-state index contributed by atoms with van der Waals surface area (Å²) in [5, 5.41) is 8.01. The molecule has 2 unspecified atom stereocenters. The smallest absolute Gasteiger partial charge is 0.191 e. The molecule has 5 heteroatoms. The first-order valence-electron chi connectivity index (χ1n) is 8.20. The van der Waals surface area contributed by atoms with Crippen LogP contribution in [0.4, 0.5) is 0 Å². The van der Waals surface area contributed by atoms with Crippen molar-refractivity contribution in [1.82, 2.24) is 15.6 Å². The number of thiazole rings is 1. The Kier molecular flexibility index (Phi) is 4.96. The molecule has 0 aliphatic heterocycles. The molecule has 4 nitrogen and oxygen atoms in total. The van der Waals surface area contributed by atoms with Crippen LogP contribution in [0, 0.1) is 13.8 Å². The van der Waals surface area contributed by atoms with E-state index in [0.29, 0.717) is 18.5 Å². The van der Waals surface area contributed by atoms with E-state index in [1.165, 1.54) is 16.9 Å². The number of aromatic nitrogens is 1. The van der Waals surface area contributed by atoms with E-state index in [-0.39, 0.29) is 0 Å². The van der Waals surface area contributed by atoms with Gasteiger partial charge in [-0.05, 0) is 32.8 Å². The van der Waals surface area contributed by atoms with E-state index in [1.54, 1.807) is 11.3 Å². The van der Waals surface area contributed by atoms with Crippen molar-refractivity contribution in [1.29, 1.82) is 0 Å². The zero-order valence-corrected chi connectivity index (χ0v) is 14.8. The number of benzene rings is 1. The lowest BCUT2D eigenvalue weighted by Crippen LogP contribution is -2.39. The van der Waals surface area contributed by atoms with Crippen LogP contribution in [-0.4, -0.2) is 23.5 Å². The summed E-state index contributed by atoms with van der Waals surface area (Å²) >= 11 is 1.73. The molecule has 1 fully saturated rings. The number of aliphatic imine (C=N–C) groups is 1. The lowest BCUT2D eigenvalue weighted by Gasteiger charge is -2.11. The van der Waals surface area contributed by atoms with Gasteiger partial charge in [-0.3, -0.25) is 0 Å². The number of rotatable bonds is 5. The molecule has 1 aliphatic carbocycles. The molecular formula is C18H24N4S. The molecular weight excluding hydrogens is 304 g/mol. The fourth-order valence-electron chi connectivity index (χ4n) is 2.79. The molecule has 1 saturated carbocycles. The summed E-state index contributed by atoms with van der Waals surface area (Å²) in [5.41, 5.74) is 2.51. The Morgan fingerprint density at radius 1 is 1.30 bits per heavy atom. The standard InChI is InChI=1S/C18H24N4S/c1-4-19-18(20-11-17-12(2)21-13(3)23-17)22-16-10-15(16)14-8-6-5-7-9-14/h5-9,15-16H,4,10-11H2,1-3H3,(H2,19,20,22). The molecule has 1 aliphatic rings. The van der Waals surface area contributed by atoms with Gasteiger partial charge in [0.05, 0.1) is 17.2 Å². The van der Waals surface area contributed by atoms with Crippen LogP contribution in [0.25, 0.3) is 0 Å². The highest BCUT2D eigenvalue weighted by atomic mass is 32.1. The third-order valence-corrected chi connectivity index (χ3v) is 5.12. The van der Waals surface area contributed by atoms with Gasteiger partial charge in [-0.1, -0.05) is 30.3 Å². The molecule has 0 spiro atoms. The predicted molar refractivity (Wildman–Crippen MR) is 97.1 cm³/mol. The lowest BCUT2D eigenvalue weighted by atomic mass is 10.1. The topological polar surface area (TPSA) is 49.3 Å². The first-order chi connectivity index (χ1) is 11.2. The quantitative estimate of drug-likeness (QED) is 0.653. The van der Waals surface area contributed by atoms with Crippen molar-refractivity contribution in [3.8, 4) is 0 Å². The van der Waals surface area contributed by atoms with Crippen molar-refractivity contribution >= 4 is 17.3 Å². The molecule has 0 bridgehead atoms. The maximum absolute atomic E-state index is 4.73. The minimum Gasteiger partial charge on any atom is -0.357 e. The van der Waals surface area contributed by atoms with E-state index in [2.05, 4.69) is 59.8 Å². The highest BCUT2D eigenvalue weighted by Gasteiger charge is 2.38. The van der Waals surface area contributed by atoms with Gasteiger partial charge in [0.25, 0.3) is 0 Å². The Morgan fingerprint density at radius 3 is 2.74 bits per heavy atom. The van der Waals surface area contributed by atoms with Crippen LogP contribution in [0.15, 0.2) is 35.3 Å². The normalized spacial score (nSPS) is 20.4. The first-order valence-corrected chi connectivity index (χ1v) is 9.01. The molecule has 1 heterocycles. The van der Waals surface area contributed by atoms with Crippen molar-refractivity contribution in [2.45, 2.75) is 45.7 Å². The second-order valence-electron chi connectivity index (χ2n) is 5.94. The van der Waals surface area contributed by atoms with Gasteiger partial charge in [-0.25, -0.2) is 9.98 Å². The van der Waals surface area contributed by atoms with E-state index in [1.807, 2.05) is 6.92 Å². The Balaban J connectivity index is 1.61. The molecule has 1 aromatic carbocycles. The molecule has 0 radical (unpaired) electrons. The number of nitrogens with one attached hydrogen (secondary N) is 2. The Morgan fingerprint density at radius 2 is 2.09 bits per heavy atom. The first kappa shape index (κ1) is 16.0. The van der Waals surface area contributed by atoms with Crippen LogP contribution in [0.1, 0.15) is 40.4 Å². The van der Waals surface area contributed by atoms with Gasteiger partial charge >= 0.3 is 0 Å². The molecule has 2 atom stereocenters. The molecule has 1 aromatic heterocycles. The number of nitrogens with zero attached hydrogens (tertiary/aromatic N) is 2. The molecule has 122 valence electrons. The van der Waals surface area contributed by atoms with E-state index in [0.717, 1.165) is 23.2 Å². The molecule has 0 amide bonds. The third kappa shape index (κ3) is 4.10. The molecule has 2 N–H and O–H groups in total. The van der Waals surface area contributed by atoms with Gasteiger partial charge in [-0.2, -0.15) is 0 Å². The van der Waals surface area contributed by atoms with Gasteiger partial charge in [-0.15, -0.1) is 11.3 Å². The van der Waals surface area contributed by atoms with Crippen LogP contribution in [-0.2, 0) is 6.54 Å². The summed E-state index contributed by atoms with van der Waals surface area (Å²) in [7, 11) is 0. The average molecular weight is 328 g/mol. The third-order valence-electron chi connectivity index (χ3n) is 4.06. The van der Waals surface area contributed by atoms with Crippen LogP contribution in [0.5, 0.6) is 0 Å². The van der Waals surface area contributed by atoms with Crippen LogP contribution < -0.4 is 10.6 Å². The Hall–Kier alpha value is -1.88. The predicted octanol–water partition coefficient (Wildman–Crippen LogP) is 3.37. The number of hydrogen-bond donors (Lipinski definition) is 2. The van der Waals surface area contributed by atoms with Crippen molar-refractivity contribution in [2.24, 2.45) is 4.99 Å². The molecule has 3 rings (SSSR count). The van der Waals surface area contributed by atoms with E-state index in [9.17, 15) is 0 Å². The summed E-state index contributed by atoms with van der Waals surface area (Å²) < 4.78 is 0. The van der Waals surface area contributed by atoms with Gasteiger partial charge < -0.3 is 10.6 Å². The van der Waals surface area contributed by atoms with Crippen LogP contribution in [0.3, 0.4) is 0 Å². The number of guanidine groups is 1. The minimum atomic E-state index is 0.486. The maximum Gasteiger partial charge on any atom is 0.191 e. The zero-order valence-electron chi connectivity index (χ0n) is 14.0. The van der Waals surface area contributed by atoms with Crippen molar-refractivity contribution in [2.75, 3.05) is 6.54 Å². The van der Waals surface area contributed by atoms with Gasteiger partial charge in [0.15, 0.2) is 5.96 Å². The summed E-state index contributed by atoms with van der Waals surface area (Å²) in [5.74, 6) is 1.51. The van der Waals surface area contributed by atoms with E-state index < -0.39 is 0 Å². The summed E-state index contributed by atoms with van der Waals surface area (Å²) in [6, 6.07) is 11.2. The summed E-state index contributed by atoms with van der Waals surface area (Å²) in [6.07, 6.45) is 1.17. The second kappa shape index (κ2) is 7.13. The zero-order chi connectivity index (χ0) is 16.2. The fourth-order valence-corrected chi connectivity index (χ4v) is 3.65. The van der Waals surface area contributed by atoms with Gasteiger partial charge in [0.1, 0.15) is 0 Å². The summed E-state index contributed by atoms with van der Waals surface area (Å²) in [6.45, 7) is 7.76. The SMILES string of the molecule is CCNC(=NCc1sc(C)nc1C)NC1CC1c1ccccc1. The van der Waals surface area contributed by atoms with Crippen LogP contribution >= 0.6 is 11.3 Å². The average Bonchev–Trinajstić information content (AvgIpc) is 3.23. The van der Waals surface area contributed by atoms with Crippen molar-refractivity contribution in [3.63, 3.8) is 0 Å². The van der Waals surface area contributed by atoms with Crippen molar-refractivity contribution < 1.29 is 0 Å². The van der Waals surface area contributed by atoms with E-state index in [4.69, 9.17) is 4.99 Å². The number of aryl methyl sites for hydroxylation is 2. The fraction of sp³-hybridized carbons (Fsp3) is 0.444.